The van der Waals surface area contributed by atoms with Crippen LogP contribution in [-0.2, 0) is 9.47 Å². The maximum atomic E-state index is 12.4. The molecule has 1 heterocycles. The highest BCUT2D eigenvalue weighted by Gasteiger charge is 2.27. The average molecular weight is 451 g/mol. The third kappa shape index (κ3) is 5.55. The molecule has 0 unspecified atom stereocenters. The van der Waals surface area contributed by atoms with Gasteiger partial charge in [0.05, 0.1) is 25.9 Å². The summed E-state index contributed by atoms with van der Waals surface area (Å²) in [5.74, 6) is -0.973. The van der Waals surface area contributed by atoms with Gasteiger partial charge in [-0.2, -0.15) is 0 Å². The number of methoxy groups -OCH3 is 1. The molecule has 10 heteroatoms. The summed E-state index contributed by atoms with van der Waals surface area (Å²) in [5, 5.41) is 5.61. The van der Waals surface area contributed by atoms with E-state index in [4.69, 9.17) is 26.4 Å². The predicted octanol–water partition coefficient (Wildman–Crippen LogP) is 3.55. The van der Waals surface area contributed by atoms with E-state index >= 15 is 0 Å². The zero-order chi connectivity index (χ0) is 22.3. The second-order valence-corrected chi connectivity index (χ2v) is 7.27. The van der Waals surface area contributed by atoms with Gasteiger partial charge in [0.15, 0.2) is 5.11 Å². The maximum absolute atomic E-state index is 12.4. The highest BCUT2D eigenvalue weighted by atomic mass is 32.1. The number of amides is 1. The molecule has 0 saturated heterocycles. The minimum absolute atomic E-state index is 0.0296. The highest BCUT2D eigenvalue weighted by molar-refractivity contribution is 7.80. The van der Waals surface area contributed by atoms with E-state index in [0.29, 0.717) is 16.9 Å². The van der Waals surface area contributed by atoms with Gasteiger partial charge in [0, 0.05) is 5.56 Å². The lowest BCUT2D eigenvalue weighted by Gasteiger charge is -2.10. The number of carbonyl (C=O) groups is 3. The molecule has 2 aromatic rings. The van der Waals surface area contributed by atoms with Gasteiger partial charge in [0.25, 0.3) is 5.91 Å². The van der Waals surface area contributed by atoms with Crippen LogP contribution in [0.4, 0.5) is 5.00 Å². The summed E-state index contributed by atoms with van der Waals surface area (Å²) in [6.45, 7) is 5.36. The molecule has 0 fully saturated rings. The van der Waals surface area contributed by atoms with Crippen LogP contribution in [0, 0.1) is 6.92 Å². The molecule has 0 aliphatic carbocycles. The van der Waals surface area contributed by atoms with Crippen LogP contribution in [0.25, 0.3) is 0 Å². The Morgan fingerprint density at radius 3 is 2.20 bits per heavy atom. The number of ether oxygens (including phenoxy) is 3. The second kappa shape index (κ2) is 10.7. The number of thiophene rings is 1. The number of hydrogen-bond donors (Lipinski definition) is 2. The molecular weight excluding hydrogens is 428 g/mol. The number of nitrogens with one attached hydrogen (secondary N) is 2. The smallest absolute Gasteiger partial charge is 0.348 e. The van der Waals surface area contributed by atoms with E-state index in [-0.39, 0.29) is 33.8 Å². The van der Waals surface area contributed by atoms with Crippen molar-refractivity contribution in [2.24, 2.45) is 0 Å². The Kier molecular flexibility index (Phi) is 8.31. The molecule has 0 radical (unpaired) electrons. The van der Waals surface area contributed by atoms with Crippen LogP contribution in [0.5, 0.6) is 5.75 Å². The first-order chi connectivity index (χ1) is 14.3. The molecule has 30 heavy (non-hydrogen) atoms. The molecule has 1 aromatic carbocycles. The maximum Gasteiger partial charge on any atom is 0.348 e. The van der Waals surface area contributed by atoms with Crippen LogP contribution in [0.2, 0.25) is 0 Å². The Morgan fingerprint density at radius 1 is 1.03 bits per heavy atom. The highest BCUT2D eigenvalue weighted by Crippen LogP contribution is 2.34. The van der Waals surface area contributed by atoms with E-state index in [1.165, 1.54) is 7.11 Å². The van der Waals surface area contributed by atoms with Crippen molar-refractivity contribution in [3.05, 3.63) is 45.8 Å². The number of benzene rings is 1. The fourth-order valence-electron chi connectivity index (χ4n) is 2.49. The molecule has 0 atom stereocenters. The Hall–Kier alpha value is -2.98. The Labute approximate surface area is 183 Å². The molecule has 160 valence electrons. The van der Waals surface area contributed by atoms with Crippen LogP contribution >= 0.6 is 23.6 Å². The summed E-state index contributed by atoms with van der Waals surface area (Å²) < 4.78 is 15.2. The minimum Gasteiger partial charge on any atom is -0.497 e. The zero-order valence-electron chi connectivity index (χ0n) is 17.0. The summed E-state index contributed by atoms with van der Waals surface area (Å²) in [6.07, 6.45) is 0. The minimum atomic E-state index is -0.603. The van der Waals surface area contributed by atoms with Gasteiger partial charge < -0.3 is 19.5 Å². The first-order valence-electron chi connectivity index (χ1n) is 9.06. The van der Waals surface area contributed by atoms with Gasteiger partial charge in [-0.3, -0.25) is 10.1 Å². The van der Waals surface area contributed by atoms with Gasteiger partial charge in [-0.25, -0.2) is 9.59 Å². The van der Waals surface area contributed by atoms with E-state index in [9.17, 15) is 14.4 Å². The van der Waals surface area contributed by atoms with Crippen LogP contribution in [0.1, 0.15) is 49.8 Å². The lowest BCUT2D eigenvalue weighted by Crippen LogP contribution is -2.34. The second-order valence-electron chi connectivity index (χ2n) is 5.84. The number of anilines is 1. The molecule has 0 aliphatic rings. The van der Waals surface area contributed by atoms with Crippen LogP contribution in [0.3, 0.4) is 0 Å². The number of thiocarbonyl (C=S) groups is 1. The molecule has 0 spiro atoms. The molecular formula is C20H22N2O6S2. The Balaban J connectivity index is 2.23. The number of esters is 2. The molecule has 0 bridgehead atoms. The molecule has 2 rings (SSSR count). The normalized spacial score (nSPS) is 10.1. The number of carbonyl (C=O) groups excluding carboxylic acids is 3. The molecule has 1 amide bonds. The SMILES string of the molecule is CCOC(=O)c1sc(NC(=S)NC(=O)c2ccc(OC)cc2)c(C(=O)OCC)c1C. The van der Waals surface area contributed by atoms with E-state index in [1.807, 2.05) is 0 Å². The van der Waals surface area contributed by atoms with Crippen molar-refractivity contribution in [1.29, 1.82) is 0 Å². The van der Waals surface area contributed by atoms with E-state index < -0.39 is 17.8 Å². The fourth-order valence-corrected chi connectivity index (χ4v) is 3.85. The first kappa shape index (κ1) is 23.3. The Bertz CT molecular complexity index is 953. The third-order valence-electron chi connectivity index (χ3n) is 3.89. The van der Waals surface area contributed by atoms with Gasteiger partial charge in [-0.15, -0.1) is 11.3 Å². The molecule has 0 aliphatic heterocycles. The van der Waals surface area contributed by atoms with E-state index in [0.717, 1.165) is 11.3 Å². The van der Waals surface area contributed by atoms with Crippen molar-refractivity contribution in [2.75, 3.05) is 25.6 Å². The van der Waals surface area contributed by atoms with Crippen molar-refractivity contribution < 1.29 is 28.6 Å². The molecule has 0 saturated carbocycles. The van der Waals surface area contributed by atoms with Gasteiger partial charge in [0.2, 0.25) is 0 Å². The summed E-state index contributed by atoms with van der Waals surface area (Å²) in [7, 11) is 1.53. The van der Waals surface area contributed by atoms with Crippen molar-refractivity contribution >= 4 is 51.5 Å². The van der Waals surface area contributed by atoms with Crippen LogP contribution in [0.15, 0.2) is 24.3 Å². The molecule has 1 aromatic heterocycles. The standard InChI is InChI=1S/C20H22N2O6S2/c1-5-27-18(24)14-11(3)15(19(25)28-6-2)30-17(14)22-20(29)21-16(23)12-7-9-13(26-4)10-8-12/h7-10H,5-6H2,1-4H3,(H2,21,22,23,29). The fraction of sp³-hybridized carbons (Fsp3) is 0.300. The summed E-state index contributed by atoms with van der Waals surface area (Å²) >= 11 is 6.21. The van der Waals surface area contributed by atoms with E-state index in [1.54, 1.807) is 45.0 Å². The summed E-state index contributed by atoms with van der Waals surface area (Å²) in [5.41, 5.74) is 0.967. The largest absolute Gasteiger partial charge is 0.497 e. The van der Waals surface area contributed by atoms with Gasteiger partial charge in [-0.1, -0.05) is 0 Å². The van der Waals surface area contributed by atoms with Gasteiger partial charge in [0.1, 0.15) is 15.6 Å². The predicted molar refractivity (Wildman–Crippen MR) is 118 cm³/mol. The lowest BCUT2D eigenvalue weighted by molar-refractivity contribution is 0.0527. The van der Waals surface area contributed by atoms with Crippen molar-refractivity contribution in [1.82, 2.24) is 5.32 Å². The lowest BCUT2D eigenvalue weighted by atomic mass is 10.1. The average Bonchev–Trinajstić information content (AvgIpc) is 3.04. The van der Waals surface area contributed by atoms with Crippen LogP contribution in [-0.4, -0.2) is 43.3 Å². The van der Waals surface area contributed by atoms with Gasteiger partial charge in [-0.05, 0) is 62.8 Å². The Morgan fingerprint density at radius 2 is 1.63 bits per heavy atom. The van der Waals surface area contributed by atoms with Crippen molar-refractivity contribution in [2.45, 2.75) is 20.8 Å². The van der Waals surface area contributed by atoms with Gasteiger partial charge >= 0.3 is 11.9 Å². The zero-order valence-corrected chi connectivity index (χ0v) is 18.6. The third-order valence-corrected chi connectivity index (χ3v) is 5.28. The quantitative estimate of drug-likeness (QED) is 0.488. The summed E-state index contributed by atoms with van der Waals surface area (Å²) in [4.78, 5) is 37.3. The monoisotopic (exact) mass is 450 g/mol. The van der Waals surface area contributed by atoms with Crippen molar-refractivity contribution in [3.63, 3.8) is 0 Å². The molecule has 8 nitrogen and oxygen atoms in total. The van der Waals surface area contributed by atoms with Crippen molar-refractivity contribution in [3.8, 4) is 5.75 Å². The topological polar surface area (TPSA) is 103 Å². The number of rotatable bonds is 7. The van der Waals surface area contributed by atoms with E-state index in [2.05, 4.69) is 10.6 Å². The summed E-state index contributed by atoms with van der Waals surface area (Å²) in [6, 6.07) is 6.49. The van der Waals surface area contributed by atoms with Crippen LogP contribution < -0.4 is 15.4 Å². The number of hydrogen-bond acceptors (Lipinski definition) is 8. The first-order valence-corrected chi connectivity index (χ1v) is 10.3. The molecule has 2 N–H and O–H groups in total.